The van der Waals surface area contributed by atoms with E-state index >= 15 is 0 Å². The molecule has 2 nitrogen and oxygen atoms in total. The minimum absolute atomic E-state index is 0.0328. The molecule has 0 N–H and O–H groups in total. The lowest BCUT2D eigenvalue weighted by molar-refractivity contribution is -0.133. The van der Waals surface area contributed by atoms with Crippen LogP contribution in [0.4, 0.5) is 0 Å². The molecule has 0 bridgehead atoms. The quantitative estimate of drug-likeness (QED) is 0.713. The van der Waals surface area contributed by atoms with Crippen molar-refractivity contribution in [3.8, 4) is 0 Å². The van der Waals surface area contributed by atoms with E-state index in [0.29, 0.717) is 17.1 Å². The van der Waals surface area contributed by atoms with Gasteiger partial charge in [0.15, 0.2) is 0 Å². The monoisotopic (exact) mass is 314 g/mol. The molecule has 23 heavy (non-hydrogen) atoms. The number of methoxy groups -OCH3 is 1. The third-order valence-corrected chi connectivity index (χ3v) is 8.07. The van der Waals surface area contributed by atoms with Crippen LogP contribution in [0.15, 0.2) is 23.5 Å². The summed E-state index contributed by atoms with van der Waals surface area (Å²) in [6, 6.07) is 0. The van der Waals surface area contributed by atoms with Gasteiger partial charge in [-0.3, -0.25) is 4.79 Å². The third-order valence-electron chi connectivity index (χ3n) is 8.07. The standard InChI is InChI=1S/C21H30O2/c1-4-21-12-10-17-16(18(21)7-8-19(21)22)6-5-14-13-15(23-3)9-11-20(14,17)2/h5,13,16-18H,4,6-12H2,1-3H3/t16-,17+,18+,20+,21+/m1/s1. The highest BCUT2D eigenvalue weighted by Crippen LogP contribution is 2.64. The van der Waals surface area contributed by atoms with Gasteiger partial charge in [-0.1, -0.05) is 19.9 Å². The van der Waals surface area contributed by atoms with Crippen LogP contribution in [0.3, 0.4) is 0 Å². The molecular formula is C21H30O2. The van der Waals surface area contributed by atoms with E-state index < -0.39 is 0 Å². The van der Waals surface area contributed by atoms with Gasteiger partial charge in [0.1, 0.15) is 5.78 Å². The van der Waals surface area contributed by atoms with Crippen LogP contribution in [0.1, 0.15) is 65.2 Å². The van der Waals surface area contributed by atoms with E-state index in [1.54, 1.807) is 7.11 Å². The van der Waals surface area contributed by atoms with Crippen molar-refractivity contribution in [1.29, 1.82) is 0 Å². The summed E-state index contributed by atoms with van der Waals surface area (Å²) < 4.78 is 5.51. The first kappa shape index (κ1) is 15.5. The van der Waals surface area contributed by atoms with E-state index in [4.69, 9.17) is 4.74 Å². The Hall–Kier alpha value is -1.05. The second-order valence-corrected chi connectivity index (χ2v) is 8.51. The molecule has 5 atom stereocenters. The summed E-state index contributed by atoms with van der Waals surface area (Å²) in [6.45, 7) is 4.73. The number of carbonyl (C=O) groups is 1. The first-order valence-electron chi connectivity index (χ1n) is 9.53. The van der Waals surface area contributed by atoms with Crippen LogP contribution in [0, 0.1) is 28.6 Å². The van der Waals surface area contributed by atoms with Crippen LogP contribution in [0.2, 0.25) is 0 Å². The van der Waals surface area contributed by atoms with Crippen molar-refractivity contribution in [3.05, 3.63) is 23.5 Å². The van der Waals surface area contributed by atoms with Crippen LogP contribution in [-0.2, 0) is 9.53 Å². The molecule has 2 heteroatoms. The summed E-state index contributed by atoms with van der Waals surface area (Å²) in [7, 11) is 1.79. The Bertz CT molecular complexity index is 587. The topological polar surface area (TPSA) is 26.3 Å². The lowest BCUT2D eigenvalue weighted by Crippen LogP contribution is -2.50. The molecule has 0 aromatic heterocycles. The maximum Gasteiger partial charge on any atom is 0.139 e. The molecule has 4 aliphatic rings. The van der Waals surface area contributed by atoms with Gasteiger partial charge in [0, 0.05) is 18.3 Å². The molecule has 0 aromatic carbocycles. The second-order valence-electron chi connectivity index (χ2n) is 8.51. The van der Waals surface area contributed by atoms with Gasteiger partial charge < -0.3 is 4.74 Å². The van der Waals surface area contributed by atoms with Crippen molar-refractivity contribution in [2.45, 2.75) is 65.2 Å². The van der Waals surface area contributed by atoms with Gasteiger partial charge in [-0.25, -0.2) is 0 Å². The van der Waals surface area contributed by atoms with E-state index in [-0.39, 0.29) is 5.41 Å². The molecule has 0 spiro atoms. The van der Waals surface area contributed by atoms with Gasteiger partial charge in [0.2, 0.25) is 0 Å². The summed E-state index contributed by atoms with van der Waals surface area (Å²) in [6.07, 6.45) is 13.6. The molecule has 0 aromatic rings. The van der Waals surface area contributed by atoms with E-state index in [1.165, 1.54) is 24.8 Å². The van der Waals surface area contributed by atoms with Crippen LogP contribution in [0.5, 0.6) is 0 Å². The van der Waals surface area contributed by atoms with Gasteiger partial charge in [-0.05, 0) is 73.3 Å². The number of rotatable bonds is 2. The Kier molecular flexibility index (Phi) is 3.52. The highest BCUT2D eigenvalue weighted by atomic mass is 16.5. The summed E-state index contributed by atoms with van der Waals surface area (Å²) >= 11 is 0. The fourth-order valence-corrected chi connectivity index (χ4v) is 6.68. The first-order chi connectivity index (χ1) is 11.0. The fourth-order valence-electron chi connectivity index (χ4n) is 6.68. The van der Waals surface area contributed by atoms with Crippen LogP contribution in [-0.4, -0.2) is 12.9 Å². The minimum atomic E-state index is 0.0328. The Morgan fingerprint density at radius 3 is 2.78 bits per heavy atom. The smallest absolute Gasteiger partial charge is 0.139 e. The van der Waals surface area contributed by atoms with E-state index in [0.717, 1.165) is 49.7 Å². The Labute approximate surface area is 140 Å². The maximum atomic E-state index is 12.6. The largest absolute Gasteiger partial charge is 0.501 e. The molecular weight excluding hydrogens is 284 g/mol. The number of Topliss-reactive ketones (excluding diaryl/α,β-unsaturated/α-hetero) is 1. The highest BCUT2D eigenvalue weighted by molar-refractivity contribution is 5.87. The fraction of sp³-hybridized carbons (Fsp3) is 0.762. The van der Waals surface area contributed by atoms with Crippen LogP contribution < -0.4 is 0 Å². The number of ether oxygens (including phenoxy) is 1. The molecule has 4 aliphatic carbocycles. The molecule has 0 saturated heterocycles. The van der Waals surface area contributed by atoms with Gasteiger partial charge in [0.05, 0.1) is 12.9 Å². The number of allylic oxidation sites excluding steroid dienone is 4. The van der Waals surface area contributed by atoms with E-state index in [2.05, 4.69) is 26.0 Å². The molecule has 2 saturated carbocycles. The Morgan fingerprint density at radius 1 is 1.22 bits per heavy atom. The predicted molar refractivity (Wildman–Crippen MR) is 91.8 cm³/mol. The van der Waals surface area contributed by atoms with Crippen molar-refractivity contribution in [3.63, 3.8) is 0 Å². The Morgan fingerprint density at radius 2 is 2.04 bits per heavy atom. The number of fused-ring (bicyclic) bond motifs is 5. The second kappa shape index (κ2) is 5.22. The van der Waals surface area contributed by atoms with Crippen LogP contribution in [0.25, 0.3) is 0 Å². The summed E-state index contributed by atoms with van der Waals surface area (Å²) in [5, 5.41) is 0. The van der Waals surface area contributed by atoms with Gasteiger partial charge in [0.25, 0.3) is 0 Å². The zero-order valence-corrected chi connectivity index (χ0v) is 14.9. The molecule has 0 heterocycles. The molecule has 0 aliphatic heterocycles. The van der Waals surface area contributed by atoms with Gasteiger partial charge >= 0.3 is 0 Å². The minimum Gasteiger partial charge on any atom is -0.501 e. The molecule has 0 unspecified atom stereocenters. The van der Waals surface area contributed by atoms with Crippen molar-refractivity contribution < 1.29 is 9.53 Å². The third kappa shape index (κ3) is 1.96. The number of hydrogen-bond acceptors (Lipinski definition) is 2. The number of ketones is 1. The van der Waals surface area contributed by atoms with Gasteiger partial charge in [-0.15, -0.1) is 0 Å². The zero-order valence-electron chi connectivity index (χ0n) is 14.9. The van der Waals surface area contributed by atoms with Crippen molar-refractivity contribution in [1.82, 2.24) is 0 Å². The van der Waals surface area contributed by atoms with E-state index in [1.807, 2.05) is 0 Å². The molecule has 126 valence electrons. The van der Waals surface area contributed by atoms with Crippen molar-refractivity contribution in [2.75, 3.05) is 7.11 Å². The number of hydrogen-bond donors (Lipinski definition) is 0. The normalized spacial score (nSPS) is 45.5. The lowest BCUT2D eigenvalue weighted by Gasteiger charge is -2.56. The van der Waals surface area contributed by atoms with Crippen LogP contribution >= 0.6 is 0 Å². The Balaban J connectivity index is 1.71. The zero-order chi connectivity index (χ0) is 16.2. The molecule has 0 amide bonds. The highest BCUT2D eigenvalue weighted by Gasteiger charge is 2.59. The van der Waals surface area contributed by atoms with Crippen molar-refractivity contribution >= 4 is 5.78 Å². The van der Waals surface area contributed by atoms with Gasteiger partial charge in [-0.2, -0.15) is 0 Å². The predicted octanol–water partition coefficient (Wildman–Crippen LogP) is 5.05. The summed E-state index contributed by atoms with van der Waals surface area (Å²) in [5.41, 5.74) is 1.84. The lowest BCUT2D eigenvalue weighted by atomic mass is 9.48. The SMILES string of the molecule is CC[C@]12CC[C@H]3[C@@H](CC=C4C=C(OC)CC[C@@]43C)[C@@H]1CCC2=O. The average molecular weight is 314 g/mol. The maximum absolute atomic E-state index is 12.6. The average Bonchev–Trinajstić information content (AvgIpc) is 2.91. The molecule has 4 rings (SSSR count). The van der Waals surface area contributed by atoms with Crippen molar-refractivity contribution in [2.24, 2.45) is 28.6 Å². The van der Waals surface area contributed by atoms with E-state index in [9.17, 15) is 4.79 Å². The molecule has 0 radical (unpaired) electrons. The summed E-state index contributed by atoms with van der Waals surface area (Å²) in [5.74, 6) is 3.84. The first-order valence-corrected chi connectivity index (χ1v) is 9.53. The summed E-state index contributed by atoms with van der Waals surface area (Å²) in [4.78, 5) is 12.6. The molecule has 2 fully saturated rings. The number of carbonyl (C=O) groups excluding carboxylic acids is 1.